The first-order valence-electron chi connectivity index (χ1n) is 7.15. The molecule has 0 saturated carbocycles. The predicted molar refractivity (Wildman–Crippen MR) is 76.2 cm³/mol. The molecule has 100 valence electrons. The number of ether oxygens (including phenoxy) is 1. The van der Waals surface area contributed by atoms with Gasteiger partial charge in [0.05, 0.1) is 6.10 Å². The van der Waals surface area contributed by atoms with Gasteiger partial charge in [-0.2, -0.15) is 0 Å². The molecule has 18 heavy (non-hydrogen) atoms. The Balaban J connectivity index is 2.28. The van der Waals surface area contributed by atoms with E-state index < -0.39 is 0 Å². The van der Waals surface area contributed by atoms with Gasteiger partial charge in [-0.25, -0.2) is 0 Å². The van der Waals surface area contributed by atoms with Gasteiger partial charge in [-0.05, 0) is 25.0 Å². The van der Waals surface area contributed by atoms with Crippen LogP contribution in [0.25, 0.3) is 0 Å². The van der Waals surface area contributed by atoms with Crippen LogP contribution >= 0.6 is 0 Å². The molecule has 0 amide bonds. The lowest BCUT2D eigenvalue weighted by molar-refractivity contribution is 0.163. The summed E-state index contributed by atoms with van der Waals surface area (Å²) in [5.41, 5.74) is 2.76. The van der Waals surface area contributed by atoms with Crippen molar-refractivity contribution >= 4 is 0 Å². The minimum Gasteiger partial charge on any atom is -0.490 e. The number of fused-ring (bicyclic) bond motifs is 1. The average Bonchev–Trinajstić information content (AvgIpc) is 2.29. The first-order chi connectivity index (χ1) is 8.60. The van der Waals surface area contributed by atoms with Gasteiger partial charge in [0.25, 0.3) is 0 Å². The van der Waals surface area contributed by atoms with Gasteiger partial charge >= 0.3 is 0 Å². The quantitative estimate of drug-likeness (QED) is 0.872. The van der Waals surface area contributed by atoms with Gasteiger partial charge in [0.1, 0.15) is 5.75 Å². The zero-order valence-corrected chi connectivity index (χ0v) is 12.0. The summed E-state index contributed by atoms with van der Waals surface area (Å²) in [4.78, 5) is 0. The van der Waals surface area contributed by atoms with Gasteiger partial charge < -0.3 is 10.1 Å². The van der Waals surface area contributed by atoms with Crippen LogP contribution in [0.2, 0.25) is 0 Å². The molecule has 0 radical (unpaired) electrons. The second kappa shape index (κ2) is 5.75. The van der Waals surface area contributed by atoms with Gasteiger partial charge in [-0.3, -0.25) is 0 Å². The monoisotopic (exact) mass is 247 g/mol. The molecule has 1 aromatic carbocycles. The number of rotatable bonds is 4. The zero-order valence-electron chi connectivity index (χ0n) is 12.0. The Kier molecular flexibility index (Phi) is 4.28. The van der Waals surface area contributed by atoms with Crippen LogP contribution in [-0.2, 0) is 6.42 Å². The van der Waals surface area contributed by atoms with Gasteiger partial charge in [-0.15, -0.1) is 0 Å². The Hall–Kier alpha value is -1.02. The number of nitrogens with one attached hydrogen (secondary N) is 1. The molecule has 0 aromatic heterocycles. The fourth-order valence-corrected chi connectivity index (χ4v) is 2.71. The Morgan fingerprint density at radius 2 is 2.17 bits per heavy atom. The van der Waals surface area contributed by atoms with E-state index in [0.29, 0.717) is 18.2 Å². The summed E-state index contributed by atoms with van der Waals surface area (Å²) in [5.74, 6) is 1.06. The molecule has 2 unspecified atom stereocenters. The van der Waals surface area contributed by atoms with Crippen molar-refractivity contribution in [1.82, 2.24) is 5.32 Å². The lowest BCUT2D eigenvalue weighted by Crippen LogP contribution is -2.35. The summed E-state index contributed by atoms with van der Waals surface area (Å²) in [6.45, 7) is 8.78. The summed E-state index contributed by atoms with van der Waals surface area (Å²) in [6, 6.07) is 7.60. The van der Waals surface area contributed by atoms with Crippen molar-refractivity contribution in [1.29, 1.82) is 0 Å². The standard InChI is InChI=1S/C16H25NO/c1-5-6-13-7-8-16-14(10-13)15(17-11(2)3)9-12(4)18-16/h7-8,10-12,15,17H,5-6,9H2,1-4H3. The van der Waals surface area contributed by atoms with E-state index in [0.717, 1.165) is 18.6 Å². The molecule has 1 aliphatic heterocycles. The van der Waals surface area contributed by atoms with Crippen LogP contribution in [0.4, 0.5) is 0 Å². The summed E-state index contributed by atoms with van der Waals surface area (Å²) < 4.78 is 5.94. The summed E-state index contributed by atoms with van der Waals surface area (Å²) in [6.07, 6.45) is 3.70. The molecule has 0 saturated heterocycles. The van der Waals surface area contributed by atoms with Crippen LogP contribution in [-0.4, -0.2) is 12.1 Å². The van der Waals surface area contributed by atoms with E-state index in [1.807, 2.05) is 0 Å². The molecule has 1 N–H and O–H groups in total. The third kappa shape index (κ3) is 3.05. The van der Waals surface area contributed by atoms with E-state index in [-0.39, 0.29) is 0 Å². The van der Waals surface area contributed by atoms with Gasteiger partial charge in [0, 0.05) is 24.1 Å². The normalized spacial score (nSPS) is 22.7. The summed E-state index contributed by atoms with van der Waals surface area (Å²) in [5, 5.41) is 3.66. The van der Waals surface area contributed by atoms with E-state index in [4.69, 9.17) is 4.74 Å². The SMILES string of the molecule is CCCc1ccc2c(c1)C(NC(C)C)CC(C)O2. The smallest absolute Gasteiger partial charge is 0.124 e. The highest BCUT2D eigenvalue weighted by atomic mass is 16.5. The number of benzene rings is 1. The molecule has 1 aromatic rings. The van der Waals surface area contributed by atoms with E-state index in [1.165, 1.54) is 17.5 Å². The van der Waals surface area contributed by atoms with E-state index in [2.05, 4.69) is 51.2 Å². The molecular formula is C16H25NO. The molecule has 0 aliphatic carbocycles. The van der Waals surface area contributed by atoms with E-state index >= 15 is 0 Å². The topological polar surface area (TPSA) is 21.3 Å². The van der Waals surface area contributed by atoms with Crippen LogP contribution < -0.4 is 10.1 Å². The molecule has 0 spiro atoms. The lowest BCUT2D eigenvalue weighted by Gasteiger charge is -2.32. The average molecular weight is 247 g/mol. The first-order valence-corrected chi connectivity index (χ1v) is 7.15. The highest BCUT2D eigenvalue weighted by Crippen LogP contribution is 2.35. The molecule has 1 aliphatic rings. The van der Waals surface area contributed by atoms with Crippen molar-refractivity contribution in [3.05, 3.63) is 29.3 Å². The number of hydrogen-bond acceptors (Lipinski definition) is 2. The molecule has 0 fully saturated rings. The second-order valence-electron chi connectivity index (χ2n) is 5.66. The van der Waals surface area contributed by atoms with Crippen molar-refractivity contribution in [3.63, 3.8) is 0 Å². The van der Waals surface area contributed by atoms with Crippen LogP contribution in [0.1, 0.15) is 57.7 Å². The molecule has 2 heteroatoms. The molecule has 2 atom stereocenters. The number of aryl methyl sites for hydroxylation is 1. The Labute approximate surface area is 111 Å². The van der Waals surface area contributed by atoms with Gasteiger partial charge in [0.15, 0.2) is 0 Å². The minimum absolute atomic E-state index is 0.297. The molecule has 2 rings (SSSR count). The molecule has 0 bridgehead atoms. The summed E-state index contributed by atoms with van der Waals surface area (Å²) in [7, 11) is 0. The Morgan fingerprint density at radius 3 is 2.83 bits per heavy atom. The third-order valence-corrected chi connectivity index (χ3v) is 3.42. The highest BCUT2D eigenvalue weighted by Gasteiger charge is 2.26. The largest absolute Gasteiger partial charge is 0.490 e. The van der Waals surface area contributed by atoms with Crippen molar-refractivity contribution in [2.75, 3.05) is 0 Å². The van der Waals surface area contributed by atoms with E-state index in [9.17, 15) is 0 Å². The van der Waals surface area contributed by atoms with Gasteiger partial charge in [0.2, 0.25) is 0 Å². The van der Waals surface area contributed by atoms with Crippen molar-refractivity contribution < 1.29 is 4.74 Å². The molecule has 2 nitrogen and oxygen atoms in total. The van der Waals surface area contributed by atoms with Crippen molar-refractivity contribution in [2.45, 2.75) is 65.1 Å². The fourth-order valence-electron chi connectivity index (χ4n) is 2.71. The van der Waals surface area contributed by atoms with Crippen LogP contribution in [0, 0.1) is 0 Å². The van der Waals surface area contributed by atoms with Crippen molar-refractivity contribution in [2.24, 2.45) is 0 Å². The van der Waals surface area contributed by atoms with Crippen molar-refractivity contribution in [3.8, 4) is 5.75 Å². The first kappa shape index (κ1) is 13.4. The molecule has 1 heterocycles. The van der Waals surface area contributed by atoms with Crippen LogP contribution in [0.5, 0.6) is 5.75 Å². The maximum absolute atomic E-state index is 5.94. The summed E-state index contributed by atoms with van der Waals surface area (Å²) >= 11 is 0. The second-order valence-corrected chi connectivity index (χ2v) is 5.66. The Bertz CT molecular complexity index is 400. The maximum atomic E-state index is 5.94. The maximum Gasteiger partial charge on any atom is 0.124 e. The van der Waals surface area contributed by atoms with Crippen LogP contribution in [0.15, 0.2) is 18.2 Å². The molecular weight excluding hydrogens is 222 g/mol. The highest BCUT2D eigenvalue weighted by molar-refractivity contribution is 5.41. The minimum atomic E-state index is 0.297. The fraction of sp³-hybridized carbons (Fsp3) is 0.625. The Morgan fingerprint density at radius 1 is 1.39 bits per heavy atom. The van der Waals surface area contributed by atoms with Gasteiger partial charge in [-0.1, -0.05) is 39.3 Å². The lowest BCUT2D eigenvalue weighted by atomic mass is 9.94. The van der Waals surface area contributed by atoms with Crippen LogP contribution in [0.3, 0.4) is 0 Å². The predicted octanol–water partition coefficient (Wildman–Crippen LogP) is 3.85. The number of hydrogen-bond donors (Lipinski definition) is 1. The third-order valence-electron chi connectivity index (χ3n) is 3.42. The zero-order chi connectivity index (χ0) is 13.1. The van der Waals surface area contributed by atoms with E-state index in [1.54, 1.807) is 0 Å².